The van der Waals surface area contributed by atoms with E-state index in [1.165, 1.54) is 50.5 Å². The molecule has 2 nitrogen and oxygen atoms in total. The molecule has 2 heteroatoms. The second-order valence-corrected chi connectivity index (χ2v) is 5.71. The van der Waals surface area contributed by atoms with Crippen molar-refractivity contribution in [3.63, 3.8) is 0 Å². The van der Waals surface area contributed by atoms with Gasteiger partial charge in [0.1, 0.15) is 6.10 Å². The lowest BCUT2D eigenvalue weighted by molar-refractivity contribution is -0.0637. The molecular formula is C18H28O2. The van der Waals surface area contributed by atoms with Gasteiger partial charge in [0.15, 0.2) is 6.29 Å². The molecule has 1 fully saturated rings. The highest BCUT2D eigenvalue weighted by Crippen LogP contribution is 2.28. The van der Waals surface area contributed by atoms with Crippen molar-refractivity contribution < 1.29 is 9.47 Å². The summed E-state index contributed by atoms with van der Waals surface area (Å²) in [6.07, 6.45) is 10.5. The van der Waals surface area contributed by atoms with Crippen LogP contribution in [0.15, 0.2) is 30.3 Å². The van der Waals surface area contributed by atoms with Gasteiger partial charge in [0, 0.05) is 0 Å². The highest BCUT2D eigenvalue weighted by molar-refractivity contribution is 5.18. The quantitative estimate of drug-likeness (QED) is 0.574. The molecule has 0 saturated carbocycles. The van der Waals surface area contributed by atoms with E-state index < -0.39 is 0 Å². The lowest BCUT2D eigenvalue weighted by atomic mass is 10.1. The second kappa shape index (κ2) is 9.15. The fourth-order valence-electron chi connectivity index (χ4n) is 2.72. The average molecular weight is 276 g/mol. The lowest BCUT2D eigenvalue weighted by Gasteiger charge is -2.11. The zero-order chi connectivity index (χ0) is 14.0. The van der Waals surface area contributed by atoms with Crippen molar-refractivity contribution in [2.45, 2.75) is 70.7 Å². The van der Waals surface area contributed by atoms with Crippen molar-refractivity contribution in [3.05, 3.63) is 35.9 Å². The van der Waals surface area contributed by atoms with E-state index in [4.69, 9.17) is 9.47 Å². The predicted molar refractivity (Wildman–Crippen MR) is 82.6 cm³/mol. The van der Waals surface area contributed by atoms with Gasteiger partial charge in [-0.3, -0.25) is 0 Å². The molecule has 0 aromatic heterocycles. The monoisotopic (exact) mass is 276 g/mol. The Hall–Kier alpha value is -0.860. The fraction of sp³-hybridized carbons (Fsp3) is 0.667. The molecule has 0 unspecified atom stereocenters. The summed E-state index contributed by atoms with van der Waals surface area (Å²) in [5, 5.41) is 0. The first kappa shape index (κ1) is 15.5. The molecule has 1 aromatic carbocycles. The lowest BCUT2D eigenvalue weighted by Crippen LogP contribution is -2.07. The summed E-state index contributed by atoms with van der Waals surface area (Å²) in [6, 6.07) is 10.4. The van der Waals surface area contributed by atoms with Crippen LogP contribution in [0, 0.1) is 0 Å². The van der Waals surface area contributed by atoms with Gasteiger partial charge in [0.2, 0.25) is 0 Å². The third kappa shape index (κ3) is 5.26. The Bertz CT molecular complexity index is 350. The highest BCUT2D eigenvalue weighted by atomic mass is 16.7. The maximum atomic E-state index is 5.97. The van der Waals surface area contributed by atoms with E-state index in [-0.39, 0.29) is 12.4 Å². The summed E-state index contributed by atoms with van der Waals surface area (Å²) in [5.74, 6) is 0. The molecule has 112 valence electrons. The Morgan fingerprint density at radius 2 is 1.65 bits per heavy atom. The minimum Gasteiger partial charge on any atom is -0.350 e. The van der Waals surface area contributed by atoms with E-state index in [1.807, 2.05) is 6.07 Å². The Labute approximate surface area is 123 Å². The Morgan fingerprint density at radius 1 is 0.950 bits per heavy atom. The van der Waals surface area contributed by atoms with Crippen LogP contribution in [0.1, 0.15) is 70.0 Å². The zero-order valence-electron chi connectivity index (χ0n) is 12.7. The molecule has 0 N–H and O–H groups in total. The summed E-state index contributed by atoms with van der Waals surface area (Å²) in [4.78, 5) is 0. The van der Waals surface area contributed by atoms with Crippen molar-refractivity contribution in [2.75, 3.05) is 6.61 Å². The molecule has 0 amide bonds. The van der Waals surface area contributed by atoms with Crippen LogP contribution in [0.5, 0.6) is 0 Å². The van der Waals surface area contributed by atoms with Crippen molar-refractivity contribution in [2.24, 2.45) is 0 Å². The molecule has 0 radical (unpaired) electrons. The maximum Gasteiger partial charge on any atom is 0.158 e. The minimum absolute atomic E-state index is 0.0100. The van der Waals surface area contributed by atoms with Crippen LogP contribution in [0.3, 0.4) is 0 Å². The van der Waals surface area contributed by atoms with E-state index >= 15 is 0 Å². The van der Waals surface area contributed by atoms with Gasteiger partial charge < -0.3 is 9.47 Å². The molecule has 20 heavy (non-hydrogen) atoms. The normalized spacial score (nSPS) is 22.2. The molecule has 2 atom stereocenters. The van der Waals surface area contributed by atoms with Crippen LogP contribution >= 0.6 is 0 Å². The molecule has 0 spiro atoms. The van der Waals surface area contributed by atoms with E-state index in [0.717, 1.165) is 6.42 Å². The Balaban J connectivity index is 1.55. The van der Waals surface area contributed by atoms with E-state index in [0.29, 0.717) is 6.61 Å². The van der Waals surface area contributed by atoms with Crippen LogP contribution in [0.4, 0.5) is 0 Å². The summed E-state index contributed by atoms with van der Waals surface area (Å²) in [7, 11) is 0. The second-order valence-electron chi connectivity index (χ2n) is 5.71. The molecule has 0 bridgehead atoms. The predicted octanol–water partition coefficient (Wildman–Crippen LogP) is 5.24. The topological polar surface area (TPSA) is 18.5 Å². The smallest absolute Gasteiger partial charge is 0.158 e. The first-order chi connectivity index (χ1) is 9.90. The summed E-state index contributed by atoms with van der Waals surface area (Å²) in [5.41, 5.74) is 1.23. The summed E-state index contributed by atoms with van der Waals surface area (Å²) in [6.45, 7) is 2.96. The molecule has 1 aliphatic rings. The largest absolute Gasteiger partial charge is 0.350 e. The van der Waals surface area contributed by atoms with Crippen molar-refractivity contribution >= 4 is 0 Å². The first-order valence-corrected chi connectivity index (χ1v) is 8.22. The number of hydrogen-bond acceptors (Lipinski definition) is 2. The molecule has 1 aliphatic heterocycles. The van der Waals surface area contributed by atoms with Gasteiger partial charge in [-0.25, -0.2) is 0 Å². The van der Waals surface area contributed by atoms with Crippen LogP contribution in [0.25, 0.3) is 0 Å². The molecular weight excluding hydrogens is 248 g/mol. The van der Waals surface area contributed by atoms with Gasteiger partial charge in [-0.05, 0) is 18.4 Å². The van der Waals surface area contributed by atoms with Gasteiger partial charge >= 0.3 is 0 Å². The minimum atomic E-state index is 0.0100. The standard InChI is InChI=1S/C18H28O2/c1-2-3-4-5-6-7-11-14-18-19-15-17(20-18)16-12-9-8-10-13-16/h8-10,12-13,17-18H,2-7,11,14-15H2,1H3/t17-,18+/m0/s1. The number of benzene rings is 1. The van der Waals surface area contributed by atoms with Crippen molar-refractivity contribution in [1.82, 2.24) is 0 Å². The summed E-state index contributed by atoms with van der Waals surface area (Å²) >= 11 is 0. The molecule has 1 saturated heterocycles. The van der Waals surface area contributed by atoms with E-state index in [1.54, 1.807) is 0 Å². The van der Waals surface area contributed by atoms with E-state index in [2.05, 4.69) is 31.2 Å². The van der Waals surface area contributed by atoms with Gasteiger partial charge in [0.05, 0.1) is 6.61 Å². The van der Waals surface area contributed by atoms with Crippen LogP contribution in [-0.2, 0) is 9.47 Å². The van der Waals surface area contributed by atoms with Gasteiger partial charge in [0.25, 0.3) is 0 Å². The average Bonchev–Trinajstić information content (AvgIpc) is 2.96. The van der Waals surface area contributed by atoms with E-state index in [9.17, 15) is 0 Å². The van der Waals surface area contributed by atoms with Crippen LogP contribution in [-0.4, -0.2) is 12.9 Å². The third-order valence-corrected chi connectivity index (χ3v) is 3.96. The Morgan fingerprint density at radius 3 is 2.40 bits per heavy atom. The number of rotatable bonds is 9. The number of ether oxygens (including phenoxy) is 2. The number of unbranched alkanes of at least 4 members (excludes halogenated alkanes) is 6. The van der Waals surface area contributed by atoms with Gasteiger partial charge in [-0.2, -0.15) is 0 Å². The van der Waals surface area contributed by atoms with Crippen LogP contribution < -0.4 is 0 Å². The van der Waals surface area contributed by atoms with Crippen molar-refractivity contribution in [3.8, 4) is 0 Å². The first-order valence-electron chi connectivity index (χ1n) is 8.22. The van der Waals surface area contributed by atoms with Crippen molar-refractivity contribution in [1.29, 1.82) is 0 Å². The summed E-state index contributed by atoms with van der Waals surface area (Å²) < 4.78 is 11.7. The SMILES string of the molecule is CCCCCCCCC[C@@H]1OC[C@@H](c2ccccc2)O1. The molecule has 1 heterocycles. The zero-order valence-corrected chi connectivity index (χ0v) is 12.7. The fourth-order valence-corrected chi connectivity index (χ4v) is 2.72. The maximum absolute atomic E-state index is 5.97. The van der Waals surface area contributed by atoms with Gasteiger partial charge in [-0.15, -0.1) is 0 Å². The highest BCUT2D eigenvalue weighted by Gasteiger charge is 2.26. The molecule has 1 aromatic rings. The molecule has 0 aliphatic carbocycles. The Kier molecular flexibility index (Phi) is 7.10. The van der Waals surface area contributed by atoms with Crippen LogP contribution in [0.2, 0.25) is 0 Å². The number of hydrogen-bond donors (Lipinski definition) is 0. The van der Waals surface area contributed by atoms with Gasteiger partial charge in [-0.1, -0.05) is 75.8 Å². The molecule has 2 rings (SSSR count). The third-order valence-electron chi connectivity index (χ3n) is 3.96.